The average Bonchev–Trinajstić information content (AvgIpc) is 2.82. The van der Waals surface area contributed by atoms with Crippen LogP contribution in [0.15, 0.2) is 36.5 Å². The molecule has 0 atom stereocenters. The minimum absolute atomic E-state index is 0.117. The number of aromatic nitrogens is 1. The van der Waals surface area contributed by atoms with Gasteiger partial charge in [0, 0.05) is 19.3 Å². The number of benzene rings is 1. The van der Waals surface area contributed by atoms with Crippen molar-refractivity contribution < 1.29 is 9.90 Å². The van der Waals surface area contributed by atoms with E-state index < -0.39 is 0 Å². The summed E-state index contributed by atoms with van der Waals surface area (Å²) < 4.78 is 1.87. The van der Waals surface area contributed by atoms with Gasteiger partial charge in [-0.1, -0.05) is 30.7 Å². The molecule has 0 bridgehead atoms. The van der Waals surface area contributed by atoms with Gasteiger partial charge < -0.3 is 15.0 Å². The quantitative estimate of drug-likeness (QED) is 0.861. The van der Waals surface area contributed by atoms with Gasteiger partial charge in [-0.25, -0.2) is 0 Å². The smallest absolute Gasteiger partial charge is 0.267 e. The van der Waals surface area contributed by atoms with Gasteiger partial charge in [0.25, 0.3) is 5.91 Å². The zero-order chi connectivity index (χ0) is 15.2. The molecule has 0 unspecified atom stereocenters. The van der Waals surface area contributed by atoms with Gasteiger partial charge in [0.2, 0.25) is 0 Å². The highest BCUT2D eigenvalue weighted by Crippen LogP contribution is 2.15. The van der Waals surface area contributed by atoms with Crippen LogP contribution in [0.25, 0.3) is 0 Å². The molecule has 4 nitrogen and oxygen atoms in total. The normalized spacial score (nSPS) is 10.6. The van der Waals surface area contributed by atoms with Crippen molar-refractivity contribution in [1.29, 1.82) is 0 Å². The summed E-state index contributed by atoms with van der Waals surface area (Å²) in [5, 5.41) is 12.7. The van der Waals surface area contributed by atoms with Gasteiger partial charge in [-0.05, 0) is 36.6 Å². The van der Waals surface area contributed by atoms with Crippen LogP contribution in [0.2, 0.25) is 5.02 Å². The van der Waals surface area contributed by atoms with Gasteiger partial charge in [0.05, 0.1) is 5.02 Å². The summed E-state index contributed by atoms with van der Waals surface area (Å²) in [6.07, 6.45) is 3.44. The second-order valence-corrected chi connectivity index (χ2v) is 5.35. The van der Waals surface area contributed by atoms with Crippen molar-refractivity contribution in [1.82, 2.24) is 9.88 Å². The molecule has 21 heavy (non-hydrogen) atoms. The molecule has 112 valence electrons. The molecule has 0 fully saturated rings. The predicted octanol–water partition coefficient (Wildman–Crippen LogP) is 3.23. The summed E-state index contributed by atoms with van der Waals surface area (Å²) in [6.45, 7) is 3.37. The van der Waals surface area contributed by atoms with Gasteiger partial charge in [0.15, 0.2) is 0 Å². The number of carbonyl (C=O) groups is 1. The van der Waals surface area contributed by atoms with Crippen LogP contribution < -0.4 is 5.32 Å². The number of nitrogens with zero attached hydrogens (tertiary/aromatic N) is 1. The zero-order valence-corrected chi connectivity index (χ0v) is 12.7. The first-order valence-corrected chi connectivity index (χ1v) is 7.39. The number of hydrogen-bond acceptors (Lipinski definition) is 2. The van der Waals surface area contributed by atoms with E-state index >= 15 is 0 Å². The molecule has 0 saturated carbocycles. The lowest BCUT2D eigenvalue weighted by molar-refractivity contribution is 0.0944. The monoisotopic (exact) mass is 306 g/mol. The molecule has 1 amide bonds. The number of carbonyl (C=O) groups excluding carboxylic acids is 1. The van der Waals surface area contributed by atoms with Gasteiger partial charge in [-0.15, -0.1) is 0 Å². The molecule has 2 rings (SSSR count). The van der Waals surface area contributed by atoms with Crippen molar-refractivity contribution in [2.45, 2.75) is 26.3 Å². The van der Waals surface area contributed by atoms with Crippen molar-refractivity contribution in [2.75, 3.05) is 6.54 Å². The first-order chi connectivity index (χ1) is 10.1. The highest BCUT2D eigenvalue weighted by Gasteiger charge is 2.12. The summed E-state index contributed by atoms with van der Waals surface area (Å²) in [5.74, 6) is 0.129. The topological polar surface area (TPSA) is 54.3 Å². The SMILES string of the molecule is CCCn1cc(Cl)cc1C(=O)NCCc1ccc(O)cc1. The molecule has 1 heterocycles. The van der Waals surface area contributed by atoms with Crippen molar-refractivity contribution in [2.24, 2.45) is 0 Å². The lowest BCUT2D eigenvalue weighted by atomic mass is 10.1. The van der Waals surface area contributed by atoms with Crippen molar-refractivity contribution in [3.05, 3.63) is 52.8 Å². The second-order valence-electron chi connectivity index (χ2n) is 4.91. The Hall–Kier alpha value is -1.94. The molecule has 0 aliphatic rings. The van der Waals surface area contributed by atoms with E-state index in [0.29, 0.717) is 23.7 Å². The van der Waals surface area contributed by atoms with Crippen LogP contribution in [0.5, 0.6) is 5.75 Å². The maximum Gasteiger partial charge on any atom is 0.267 e. The Morgan fingerprint density at radius 2 is 2.05 bits per heavy atom. The Morgan fingerprint density at radius 1 is 1.33 bits per heavy atom. The van der Waals surface area contributed by atoms with E-state index in [1.165, 1.54) is 0 Å². The molecular weight excluding hydrogens is 288 g/mol. The van der Waals surface area contributed by atoms with Crippen LogP contribution in [0, 0.1) is 0 Å². The maximum atomic E-state index is 12.2. The first-order valence-electron chi connectivity index (χ1n) is 7.02. The molecule has 0 aliphatic heterocycles. The minimum Gasteiger partial charge on any atom is -0.508 e. The van der Waals surface area contributed by atoms with E-state index in [2.05, 4.69) is 12.2 Å². The molecular formula is C16H19ClN2O2. The molecule has 5 heteroatoms. The second kappa shape index (κ2) is 7.18. The zero-order valence-electron chi connectivity index (χ0n) is 12.0. The fraction of sp³-hybridized carbons (Fsp3) is 0.312. The molecule has 2 aromatic rings. The number of rotatable bonds is 6. The number of aryl methyl sites for hydroxylation is 1. The third kappa shape index (κ3) is 4.26. The lowest BCUT2D eigenvalue weighted by Gasteiger charge is -2.08. The lowest BCUT2D eigenvalue weighted by Crippen LogP contribution is -2.27. The summed E-state index contributed by atoms with van der Waals surface area (Å²) in [6, 6.07) is 8.66. The van der Waals surface area contributed by atoms with Gasteiger partial charge >= 0.3 is 0 Å². The van der Waals surface area contributed by atoms with E-state index in [1.54, 1.807) is 24.4 Å². The van der Waals surface area contributed by atoms with E-state index in [-0.39, 0.29) is 11.7 Å². The van der Waals surface area contributed by atoms with Crippen molar-refractivity contribution in [3.8, 4) is 5.75 Å². The van der Waals surface area contributed by atoms with Crippen LogP contribution >= 0.6 is 11.6 Å². The number of amides is 1. The Morgan fingerprint density at radius 3 is 2.71 bits per heavy atom. The number of aromatic hydroxyl groups is 1. The van der Waals surface area contributed by atoms with Crippen LogP contribution in [-0.2, 0) is 13.0 Å². The fourth-order valence-corrected chi connectivity index (χ4v) is 2.39. The van der Waals surface area contributed by atoms with Gasteiger partial charge in [-0.3, -0.25) is 4.79 Å². The Labute approximate surface area is 129 Å². The molecule has 0 aliphatic carbocycles. The van der Waals surface area contributed by atoms with Crippen LogP contribution in [0.4, 0.5) is 0 Å². The number of phenolic OH excluding ortho intramolecular Hbond substituents is 1. The molecule has 2 N–H and O–H groups in total. The number of hydrogen-bond donors (Lipinski definition) is 2. The number of halogens is 1. The Kier molecular flexibility index (Phi) is 5.28. The Balaban J connectivity index is 1.91. The maximum absolute atomic E-state index is 12.2. The molecule has 0 spiro atoms. The average molecular weight is 307 g/mol. The molecule has 1 aromatic carbocycles. The van der Waals surface area contributed by atoms with Crippen LogP contribution in [0.3, 0.4) is 0 Å². The molecule has 1 aromatic heterocycles. The van der Waals surface area contributed by atoms with E-state index in [4.69, 9.17) is 11.6 Å². The largest absolute Gasteiger partial charge is 0.508 e. The minimum atomic E-state index is -0.117. The predicted molar refractivity (Wildman–Crippen MR) is 83.9 cm³/mol. The summed E-state index contributed by atoms with van der Waals surface area (Å²) in [4.78, 5) is 12.2. The standard InChI is InChI=1S/C16H19ClN2O2/c1-2-9-19-11-13(17)10-15(19)16(21)18-8-7-12-3-5-14(20)6-4-12/h3-6,10-11,20H,2,7-9H2,1H3,(H,18,21). The van der Waals surface area contributed by atoms with E-state index in [9.17, 15) is 9.90 Å². The molecule has 0 radical (unpaired) electrons. The molecule has 0 saturated heterocycles. The van der Waals surface area contributed by atoms with Gasteiger partial charge in [0.1, 0.15) is 11.4 Å². The van der Waals surface area contributed by atoms with E-state index in [1.807, 2.05) is 16.7 Å². The number of phenols is 1. The number of nitrogens with one attached hydrogen (secondary N) is 1. The third-order valence-electron chi connectivity index (χ3n) is 3.20. The Bertz CT molecular complexity index is 605. The van der Waals surface area contributed by atoms with Crippen molar-refractivity contribution in [3.63, 3.8) is 0 Å². The summed E-state index contributed by atoms with van der Waals surface area (Å²) in [7, 11) is 0. The summed E-state index contributed by atoms with van der Waals surface area (Å²) >= 11 is 5.97. The third-order valence-corrected chi connectivity index (χ3v) is 3.40. The van der Waals surface area contributed by atoms with E-state index in [0.717, 1.165) is 18.5 Å². The van der Waals surface area contributed by atoms with Crippen LogP contribution in [-0.4, -0.2) is 22.1 Å². The van der Waals surface area contributed by atoms with Gasteiger partial charge in [-0.2, -0.15) is 0 Å². The highest BCUT2D eigenvalue weighted by molar-refractivity contribution is 6.31. The fourth-order valence-electron chi connectivity index (χ4n) is 2.16. The van der Waals surface area contributed by atoms with Crippen LogP contribution in [0.1, 0.15) is 29.4 Å². The summed E-state index contributed by atoms with van der Waals surface area (Å²) in [5.41, 5.74) is 1.66. The van der Waals surface area contributed by atoms with Crippen molar-refractivity contribution >= 4 is 17.5 Å². The highest BCUT2D eigenvalue weighted by atomic mass is 35.5. The first kappa shape index (κ1) is 15.4.